The summed E-state index contributed by atoms with van der Waals surface area (Å²) in [7, 11) is -3.49. The van der Waals surface area contributed by atoms with Crippen molar-refractivity contribution in [1.82, 2.24) is 10.2 Å². The van der Waals surface area contributed by atoms with Gasteiger partial charge in [-0.05, 0) is 38.3 Å². The van der Waals surface area contributed by atoms with Crippen molar-refractivity contribution < 1.29 is 18.0 Å². The molecule has 0 bridgehead atoms. The molecule has 1 aliphatic rings. The number of hydrogen-bond acceptors (Lipinski definition) is 4. The largest absolute Gasteiger partial charge is 0.347 e. The van der Waals surface area contributed by atoms with Gasteiger partial charge in [-0.15, -0.1) is 0 Å². The van der Waals surface area contributed by atoms with Crippen LogP contribution in [0.2, 0.25) is 0 Å². The van der Waals surface area contributed by atoms with Gasteiger partial charge in [0.1, 0.15) is 0 Å². The predicted molar refractivity (Wildman–Crippen MR) is 91.3 cm³/mol. The number of carbonyl (C=O) groups is 2. The fourth-order valence-electron chi connectivity index (χ4n) is 2.61. The Balaban J connectivity index is 1.78. The number of rotatable bonds is 6. The second kappa shape index (κ2) is 8.28. The van der Waals surface area contributed by atoms with Gasteiger partial charge < -0.3 is 10.2 Å². The Labute approximate surface area is 143 Å². The molecule has 0 aliphatic carbocycles. The van der Waals surface area contributed by atoms with Crippen LogP contribution in [0.15, 0.2) is 29.2 Å². The van der Waals surface area contributed by atoms with Crippen LogP contribution in [0.3, 0.4) is 0 Å². The van der Waals surface area contributed by atoms with E-state index >= 15 is 0 Å². The molecule has 1 aromatic carbocycles. The lowest BCUT2D eigenvalue weighted by atomic mass is 10.1. The first-order valence-electron chi connectivity index (χ1n) is 8.22. The zero-order valence-electron chi connectivity index (χ0n) is 14.0. The smallest absolute Gasteiger partial charge is 0.241 e. The van der Waals surface area contributed by atoms with E-state index in [-0.39, 0.29) is 29.5 Å². The minimum absolute atomic E-state index is 0.0661. The van der Waals surface area contributed by atoms with Gasteiger partial charge in [0.2, 0.25) is 11.8 Å². The molecule has 7 heteroatoms. The Morgan fingerprint density at radius 1 is 1.08 bits per heavy atom. The summed E-state index contributed by atoms with van der Waals surface area (Å²) < 4.78 is 24.4. The van der Waals surface area contributed by atoms with E-state index < -0.39 is 15.7 Å². The van der Waals surface area contributed by atoms with Gasteiger partial charge in [-0.25, -0.2) is 8.42 Å². The molecular formula is C17H24N2O4S. The highest BCUT2D eigenvalue weighted by molar-refractivity contribution is 7.91. The number of piperidine rings is 1. The molecule has 0 radical (unpaired) electrons. The fourth-order valence-corrected chi connectivity index (χ4v) is 3.85. The first-order valence-corrected chi connectivity index (χ1v) is 9.87. The Morgan fingerprint density at radius 2 is 1.71 bits per heavy atom. The third kappa shape index (κ3) is 5.33. The lowest BCUT2D eigenvalue weighted by Gasteiger charge is -2.26. The molecule has 2 amide bonds. The van der Waals surface area contributed by atoms with E-state index in [1.54, 1.807) is 29.2 Å². The number of aryl methyl sites for hydroxylation is 1. The minimum atomic E-state index is -3.49. The Bertz CT molecular complexity index is 677. The predicted octanol–water partition coefficient (Wildman–Crippen LogP) is 1.29. The number of benzene rings is 1. The van der Waals surface area contributed by atoms with E-state index in [2.05, 4.69) is 5.32 Å². The number of nitrogens with zero attached hydrogens (tertiary/aromatic N) is 1. The summed E-state index contributed by atoms with van der Waals surface area (Å²) in [6.07, 6.45) is 2.97. The van der Waals surface area contributed by atoms with Crippen molar-refractivity contribution in [2.24, 2.45) is 0 Å². The highest BCUT2D eigenvalue weighted by Gasteiger charge is 2.19. The van der Waals surface area contributed by atoms with Gasteiger partial charge in [0, 0.05) is 19.5 Å². The first kappa shape index (κ1) is 18.4. The van der Waals surface area contributed by atoms with E-state index in [1.807, 2.05) is 6.92 Å². The van der Waals surface area contributed by atoms with E-state index in [0.717, 1.165) is 37.9 Å². The monoisotopic (exact) mass is 352 g/mol. The maximum atomic E-state index is 12.2. The molecule has 24 heavy (non-hydrogen) atoms. The van der Waals surface area contributed by atoms with Crippen LogP contribution in [0.1, 0.15) is 31.2 Å². The van der Waals surface area contributed by atoms with Crippen LogP contribution < -0.4 is 5.32 Å². The van der Waals surface area contributed by atoms with E-state index in [1.165, 1.54) is 0 Å². The lowest BCUT2D eigenvalue weighted by Crippen LogP contribution is -2.42. The summed E-state index contributed by atoms with van der Waals surface area (Å²) in [6, 6.07) is 6.54. The number of amides is 2. The zero-order chi connectivity index (χ0) is 17.6. The molecular weight excluding hydrogens is 328 g/mol. The molecule has 1 N–H and O–H groups in total. The molecule has 0 saturated carbocycles. The quantitative estimate of drug-likeness (QED) is 0.836. The molecule has 0 spiro atoms. The molecule has 132 valence electrons. The van der Waals surface area contributed by atoms with Crippen LogP contribution in [-0.4, -0.2) is 50.5 Å². The standard InChI is InChI=1S/C17H24N2O4S/c1-14-5-7-15(8-6-14)24(22,23)12-9-16(20)18-13-17(21)19-10-3-2-4-11-19/h5-8H,2-4,9-13H2,1H3,(H,18,20). The summed E-state index contributed by atoms with van der Waals surface area (Å²) in [5.41, 5.74) is 0.975. The van der Waals surface area contributed by atoms with Crippen LogP contribution in [0.5, 0.6) is 0 Å². The third-order valence-corrected chi connectivity index (χ3v) is 5.86. The molecule has 2 rings (SSSR count). The molecule has 1 heterocycles. The maximum absolute atomic E-state index is 12.2. The van der Waals surface area contributed by atoms with Gasteiger partial charge in [0.05, 0.1) is 17.2 Å². The molecule has 0 aromatic heterocycles. The lowest BCUT2D eigenvalue weighted by molar-refractivity contribution is -0.133. The average Bonchev–Trinajstić information content (AvgIpc) is 2.59. The van der Waals surface area contributed by atoms with Gasteiger partial charge in [-0.2, -0.15) is 0 Å². The Kier molecular flexibility index (Phi) is 6.36. The summed E-state index contributed by atoms with van der Waals surface area (Å²) in [5, 5.41) is 2.52. The van der Waals surface area contributed by atoms with Crippen molar-refractivity contribution in [1.29, 1.82) is 0 Å². The van der Waals surface area contributed by atoms with Crippen molar-refractivity contribution in [3.63, 3.8) is 0 Å². The van der Waals surface area contributed by atoms with Gasteiger partial charge in [0.25, 0.3) is 0 Å². The Hall–Kier alpha value is -1.89. The average molecular weight is 352 g/mol. The van der Waals surface area contributed by atoms with Crippen molar-refractivity contribution in [2.45, 2.75) is 37.5 Å². The number of likely N-dealkylation sites (tertiary alicyclic amines) is 1. The summed E-state index contributed by atoms with van der Waals surface area (Å²) in [6.45, 7) is 3.28. The zero-order valence-corrected chi connectivity index (χ0v) is 14.8. The van der Waals surface area contributed by atoms with Gasteiger partial charge in [0.15, 0.2) is 9.84 Å². The van der Waals surface area contributed by atoms with Crippen LogP contribution in [0.25, 0.3) is 0 Å². The SMILES string of the molecule is Cc1ccc(S(=O)(=O)CCC(=O)NCC(=O)N2CCCCC2)cc1. The minimum Gasteiger partial charge on any atom is -0.347 e. The molecule has 1 fully saturated rings. The molecule has 6 nitrogen and oxygen atoms in total. The van der Waals surface area contributed by atoms with Crippen LogP contribution in [-0.2, 0) is 19.4 Å². The highest BCUT2D eigenvalue weighted by atomic mass is 32.2. The van der Waals surface area contributed by atoms with Gasteiger partial charge >= 0.3 is 0 Å². The van der Waals surface area contributed by atoms with Crippen LogP contribution >= 0.6 is 0 Å². The van der Waals surface area contributed by atoms with E-state index in [0.29, 0.717) is 0 Å². The summed E-state index contributed by atoms with van der Waals surface area (Å²) in [5.74, 6) is -0.791. The summed E-state index contributed by atoms with van der Waals surface area (Å²) in [4.78, 5) is 25.7. The van der Waals surface area contributed by atoms with E-state index in [4.69, 9.17) is 0 Å². The van der Waals surface area contributed by atoms with Crippen molar-refractivity contribution >= 4 is 21.7 Å². The fraction of sp³-hybridized carbons (Fsp3) is 0.529. The second-order valence-corrected chi connectivity index (χ2v) is 8.21. The third-order valence-electron chi connectivity index (χ3n) is 4.12. The van der Waals surface area contributed by atoms with Gasteiger partial charge in [-0.3, -0.25) is 9.59 Å². The maximum Gasteiger partial charge on any atom is 0.241 e. The topological polar surface area (TPSA) is 83.5 Å². The van der Waals surface area contributed by atoms with Gasteiger partial charge in [-0.1, -0.05) is 17.7 Å². The first-order chi connectivity index (χ1) is 11.4. The van der Waals surface area contributed by atoms with Crippen LogP contribution in [0.4, 0.5) is 0 Å². The number of hydrogen-bond donors (Lipinski definition) is 1. The number of carbonyl (C=O) groups excluding carboxylic acids is 2. The number of sulfone groups is 1. The molecule has 1 aromatic rings. The van der Waals surface area contributed by atoms with Crippen LogP contribution in [0, 0.1) is 6.92 Å². The van der Waals surface area contributed by atoms with Crippen molar-refractivity contribution in [2.75, 3.05) is 25.4 Å². The normalized spacial score (nSPS) is 15.1. The van der Waals surface area contributed by atoms with E-state index in [9.17, 15) is 18.0 Å². The van der Waals surface area contributed by atoms with Crippen molar-refractivity contribution in [3.05, 3.63) is 29.8 Å². The van der Waals surface area contributed by atoms with Crippen molar-refractivity contribution in [3.8, 4) is 0 Å². The number of nitrogens with one attached hydrogen (secondary N) is 1. The molecule has 1 aliphatic heterocycles. The molecule has 0 atom stereocenters. The highest BCUT2D eigenvalue weighted by Crippen LogP contribution is 2.13. The second-order valence-electron chi connectivity index (χ2n) is 6.10. The summed E-state index contributed by atoms with van der Waals surface area (Å²) >= 11 is 0. The Morgan fingerprint density at radius 3 is 2.33 bits per heavy atom. The molecule has 1 saturated heterocycles. The molecule has 0 unspecified atom stereocenters.